The van der Waals surface area contributed by atoms with Crippen LogP contribution in [-0.4, -0.2) is 10.8 Å². The highest BCUT2D eigenvalue weighted by atomic mass is 35.5. The summed E-state index contributed by atoms with van der Waals surface area (Å²) in [5.74, 6) is 5.15. The van der Waals surface area contributed by atoms with Crippen LogP contribution < -0.4 is 5.84 Å². The highest BCUT2D eigenvalue weighted by Gasteiger charge is 2.03. The molecule has 1 aromatic carbocycles. The summed E-state index contributed by atoms with van der Waals surface area (Å²) < 4.78 is 0. The van der Waals surface area contributed by atoms with Gasteiger partial charge in [0.05, 0.1) is 5.71 Å². The van der Waals surface area contributed by atoms with Crippen molar-refractivity contribution in [1.82, 2.24) is 0 Å². The van der Waals surface area contributed by atoms with E-state index < -0.39 is 0 Å². The standard InChI is InChI=1S/C8H9ClN2O/c1-5(11-10)7-3-2-6(9)4-8(7)12/h2-4,12H,10H2,1H3/b11-5+. The van der Waals surface area contributed by atoms with Gasteiger partial charge in [-0.15, -0.1) is 0 Å². The predicted octanol–water partition coefficient (Wildman–Crippen LogP) is 1.73. The smallest absolute Gasteiger partial charge is 0.126 e. The second-order valence-electron chi connectivity index (χ2n) is 2.38. The van der Waals surface area contributed by atoms with Gasteiger partial charge >= 0.3 is 0 Å². The number of nitrogens with zero attached hydrogens (tertiary/aromatic N) is 1. The van der Waals surface area contributed by atoms with Crippen LogP contribution in [0.4, 0.5) is 0 Å². The van der Waals surface area contributed by atoms with E-state index >= 15 is 0 Å². The molecule has 0 saturated carbocycles. The Bertz CT molecular complexity index is 323. The van der Waals surface area contributed by atoms with Gasteiger partial charge in [0.15, 0.2) is 0 Å². The molecule has 1 aromatic rings. The molecule has 3 N–H and O–H groups in total. The predicted molar refractivity (Wildman–Crippen MR) is 49.5 cm³/mol. The van der Waals surface area contributed by atoms with Crippen molar-refractivity contribution in [2.24, 2.45) is 10.9 Å². The Morgan fingerprint density at radius 2 is 2.25 bits per heavy atom. The van der Waals surface area contributed by atoms with Crippen molar-refractivity contribution in [3.63, 3.8) is 0 Å². The second-order valence-corrected chi connectivity index (χ2v) is 2.81. The number of rotatable bonds is 1. The molecule has 0 atom stereocenters. The van der Waals surface area contributed by atoms with Crippen LogP contribution in [0.1, 0.15) is 12.5 Å². The molecule has 4 heteroatoms. The molecule has 0 spiro atoms. The highest BCUT2D eigenvalue weighted by Crippen LogP contribution is 2.22. The molecule has 0 aromatic heterocycles. The van der Waals surface area contributed by atoms with E-state index in [1.54, 1.807) is 19.1 Å². The fraction of sp³-hybridized carbons (Fsp3) is 0.125. The Balaban J connectivity index is 3.18. The Hall–Kier alpha value is -1.22. The van der Waals surface area contributed by atoms with Crippen molar-refractivity contribution in [3.8, 4) is 5.75 Å². The van der Waals surface area contributed by atoms with Gasteiger partial charge in [-0.2, -0.15) is 5.10 Å². The molecule has 0 fully saturated rings. The van der Waals surface area contributed by atoms with Crippen molar-refractivity contribution in [2.75, 3.05) is 0 Å². The summed E-state index contributed by atoms with van der Waals surface area (Å²) in [6.07, 6.45) is 0. The quantitative estimate of drug-likeness (QED) is 0.397. The molecule has 0 radical (unpaired) electrons. The largest absolute Gasteiger partial charge is 0.507 e. The van der Waals surface area contributed by atoms with Crippen LogP contribution in [-0.2, 0) is 0 Å². The molecular formula is C8H9ClN2O. The molecule has 0 amide bonds. The third-order valence-corrected chi connectivity index (χ3v) is 1.78. The van der Waals surface area contributed by atoms with Crippen molar-refractivity contribution in [2.45, 2.75) is 6.92 Å². The molecule has 0 bridgehead atoms. The monoisotopic (exact) mass is 184 g/mol. The number of phenols is 1. The molecule has 12 heavy (non-hydrogen) atoms. The Morgan fingerprint density at radius 3 is 2.75 bits per heavy atom. The van der Waals surface area contributed by atoms with Gasteiger partial charge in [0.1, 0.15) is 5.75 Å². The summed E-state index contributed by atoms with van der Waals surface area (Å²) in [6.45, 7) is 1.71. The molecule has 0 unspecified atom stereocenters. The lowest BCUT2D eigenvalue weighted by atomic mass is 10.1. The van der Waals surface area contributed by atoms with Crippen LogP contribution in [0.3, 0.4) is 0 Å². The number of phenolic OH excluding ortho intramolecular Hbond substituents is 1. The van der Waals surface area contributed by atoms with Gasteiger partial charge in [-0.3, -0.25) is 0 Å². The molecule has 0 aliphatic carbocycles. The first kappa shape index (κ1) is 8.87. The lowest BCUT2D eigenvalue weighted by Crippen LogP contribution is -1.98. The number of halogens is 1. The first-order valence-corrected chi connectivity index (χ1v) is 3.76. The summed E-state index contributed by atoms with van der Waals surface area (Å²) >= 11 is 5.63. The third kappa shape index (κ3) is 1.68. The van der Waals surface area contributed by atoms with Crippen LogP contribution in [0.25, 0.3) is 0 Å². The number of aromatic hydroxyl groups is 1. The minimum Gasteiger partial charge on any atom is -0.507 e. The zero-order valence-corrected chi connectivity index (χ0v) is 7.34. The van der Waals surface area contributed by atoms with Gasteiger partial charge in [0, 0.05) is 10.6 Å². The van der Waals surface area contributed by atoms with E-state index in [1.807, 2.05) is 0 Å². The lowest BCUT2D eigenvalue weighted by molar-refractivity contribution is 0.474. The van der Waals surface area contributed by atoms with Crippen LogP contribution in [0.2, 0.25) is 5.02 Å². The van der Waals surface area contributed by atoms with E-state index in [9.17, 15) is 5.11 Å². The first-order valence-electron chi connectivity index (χ1n) is 3.38. The summed E-state index contributed by atoms with van der Waals surface area (Å²) in [5.41, 5.74) is 1.17. The van der Waals surface area contributed by atoms with Gasteiger partial charge in [-0.05, 0) is 25.1 Å². The van der Waals surface area contributed by atoms with Crippen LogP contribution in [0, 0.1) is 0 Å². The Kier molecular flexibility index (Phi) is 2.55. The SMILES string of the molecule is C/C(=N\N)c1ccc(Cl)cc1O. The number of nitrogens with two attached hydrogens (primary N) is 1. The minimum atomic E-state index is 0.0919. The lowest BCUT2D eigenvalue weighted by Gasteiger charge is -2.02. The molecule has 0 saturated heterocycles. The van der Waals surface area contributed by atoms with E-state index in [-0.39, 0.29) is 5.75 Å². The van der Waals surface area contributed by atoms with Crippen LogP contribution in [0.5, 0.6) is 5.75 Å². The topological polar surface area (TPSA) is 58.6 Å². The number of benzene rings is 1. The molecule has 0 aliphatic rings. The van der Waals surface area contributed by atoms with Crippen LogP contribution >= 0.6 is 11.6 Å². The molecule has 1 rings (SSSR count). The van der Waals surface area contributed by atoms with Gasteiger partial charge in [-0.1, -0.05) is 11.6 Å². The Morgan fingerprint density at radius 1 is 1.58 bits per heavy atom. The highest BCUT2D eigenvalue weighted by molar-refractivity contribution is 6.30. The average molecular weight is 185 g/mol. The van der Waals surface area contributed by atoms with Crippen LogP contribution in [0.15, 0.2) is 23.3 Å². The maximum absolute atomic E-state index is 9.37. The van der Waals surface area contributed by atoms with Gasteiger partial charge in [0.2, 0.25) is 0 Å². The van der Waals surface area contributed by atoms with Crippen molar-refractivity contribution in [3.05, 3.63) is 28.8 Å². The summed E-state index contributed by atoms with van der Waals surface area (Å²) in [5, 5.41) is 13.3. The number of hydrazone groups is 1. The average Bonchev–Trinajstić information content (AvgIpc) is 2.03. The van der Waals surface area contributed by atoms with E-state index in [0.717, 1.165) is 0 Å². The first-order chi connectivity index (χ1) is 5.65. The molecule has 3 nitrogen and oxygen atoms in total. The van der Waals surface area contributed by atoms with E-state index in [2.05, 4.69) is 5.10 Å². The molecule has 64 valence electrons. The molecule has 0 heterocycles. The normalized spacial score (nSPS) is 11.7. The maximum atomic E-state index is 9.37. The van der Waals surface area contributed by atoms with E-state index in [0.29, 0.717) is 16.3 Å². The Labute approximate surface area is 75.5 Å². The molecule has 0 aliphatic heterocycles. The fourth-order valence-corrected chi connectivity index (χ4v) is 1.05. The maximum Gasteiger partial charge on any atom is 0.126 e. The summed E-state index contributed by atoms with van der Waals surface area (Å²) in [6, 6.07) is 4.79. The van der Waals surface area contributed by atoms with Crippen molar-refractivity contribution >= 4 is 17.3 Å². The zero-order chi connectivity index (χ0) is 9.14. The second kappa shape index (κ2) is 3.45. The van der Waals surface area contributed by atoms with E-state index in [1.165, 1.54) is 6.07 Å². The van der Waals surface area contributed by atoms with Gasteiger partial charge in [-0.25, -0.2) is 0 Å². The fourth-order valence-electron chi connectivity index (χ4n) is 0.880. The van der Waals surface area contributed by atoms with Crippen molar-refractivity contribution < 1.29 is 5.11 Å². The summed E-state index contributed by atoms with van der Waals surface area (Å²) in [7, 11) is 0. The third-order valence-electron chi connectivity index (χ3n) is 1.54. The number of hydrogen-bond acceptors (Lipinski definition) is 3. The van der Waals surface area contributed by atoms with Gasteiger partial charge in [0.25, 0.3) is 0 Å². The van der Waals surface area contributed by atoms with E-state index in [4.69, 9.17) is 17.4 Å². The molecular weight excluding hydrogens is 176 g/mol. The van der Waals surface area contributed by atoms with Crippen molar-refractivity contribution in [1.29, 1.82) is 0 Å². The van der Waals surface area contributed by atoms with Gasteiger partial charge < -0.3 is 10.9 Å². The zero-order valence-electron chi connectivity index (χ0n) is 6.58. The summed E-state index contributed by atoms with van der Waals surface area (Å²) in [4.78, 5) is 0. The number of hydrogen-bond donors (Lipinski definition) is 2. The minimum absolute atomic E-state index is 0.0919.